The number of halogens is 1. The summed E-state index contributed by atoms with van der Waals surface area (Å²) in [5.74, 6) is 0.766. The van der Waals surface area contributed by atoms with Gasteiger partial charge < -0.3 is 9.84 Å². The minimum atomic E-state index is -0.592. The fourth-order valence-electron chi connectivity index (χ4n) is 1.05. The second-order valence-corrected chi connectivity index (χ2v) is 4.02. The maximum absolute atomic E-state index is 9.26. The summed E-state index contributed by atoms with van der Waals surface area (Å²) in [7, 11) is 0. The van der Waals surface area contributed by atoms with Crippen LogP contribution in [0.15, 0.2) is 28.7 Å². The first-order valence-corrected chi connectivity index (χ1v) is 5.45. The molecule has 1 aromatic carbocycles. The Hall–Kier alpha value is -1.05. The molecule has 0 spiro atoms. The first-order chi connectivity index (χ1) is 7.22. The number of hydrogen-bond donors (Lipinski definition) is 1. The Labute approximate surface area is 97.4 Å². The van der Waals surface area contributed by atoms with Crippen LogP contribution < -0.4 is 4.74 Å². The molecular weight excluding hydrogens is 258 g/mol. The Morgan fingerprint density at radius 3 is 2.67 bits per heavy atom. The van der Waals surface area contributed by atoms with Gasteiger partial charge in [0.05, 0.1) is 25.2 Å². The van der Waals surface area contributed by atoms with Crippen LogP contribution in [0.4, 0.5) is 0 Å². The van der Waals surface area contributed by atoms with Gasteiger partial charge in [-0.2, -0.15) is 5.26 Å². The molecule has 0 saturated carbocycles. The predicted octanol–water partition coefficient (Wildman–Crippen LogP) is 2.49. The maximum Gasteiger partial charge on any atom is 0.119 e. The van der Waals surface area contributed by atoms with E-state index in [2.05, 4.69) is 15.9 Å². The van der Waals surface area contributed by atoms with Crippen molar-refractivity contribution in [3.63, 3.8) is 0 Å². The topological polar surface area (TPSA) is 53.2 Å². The van der Waals surface area contributed by atoms with E-state index in [4.69, 9.17) is 10.00 Å². The molecule has 3 nitrogen and oxygen atoms in total. The molecule has 80 valence electrons. The molecule has 15 heavy (non-hydrogen) atoms. The minimum absolute atomic E-state index is 0.156. The van der Waals surface area contributed by atoms with Crippen molar-refractivity contribution in [2.24, 2.45) is 0 Å². The van der Waals surface area contributed by atoms with Crippen molar-refractivity contribution in [2.75, 3.05) is 6.61 Å². The molecule has 1 aromatic rings. The Bertz CT molecular complexity index is 331. The van der Waals surface area contributed by atoms with Gasteiger partial charge in [-0.25, -0.2) is 0 Å². The van der Waals surface area contributed by atoms with Crippen LogP contribution in [0.25, 0.3) is 0 Å². The molecule has 0 heterocycles. The summed E-state index contributed by atoms with van der Waals surface area (Å²) in [6.45, 7) is 0.421. The Balaban J connectivity index is 2.26. The lowest BCUT2D eigenvalue weighted by molar-refractivity contribution is 0.143. The monoisotopic (exact) mass is 269 g/mol. The Kier molecular flexibility index (Phi) is 5.16. The normalized spacial score (nSPS) is 11.8. The van der Waals surface area contributed by atoms with E-state index in [1.165, 1.54) is 0 Å². The predicted molar refractivity (Wildman–Crippen MR) is 60.5 cm³/mol. The van der Waals surface area contributed by atoms with E-state index in [0.717, 1.165) is 10.2 Å². The molecule has 0 saturated heterocycles. The summed E-state index contributed by atoms with van der Waals surface area (Å²) in [5.41, 5.74) is 0. The van der Waals surface area contributed by atoms with Gasteiger partial charge in [-0.1, -0.05) is 15.9 Å². The molecule has 0 fully saturated rings. The molecule has 0 aliphatic rings. The van der Waals surface area contributed by atoms with Crippen molar-refractivity contribution in [2.45, 2.75) is 18.9 Å². The molecular formula is C11H12BrNO2. The van der Waals surface area contributed by atoms with E-state index in [0.29, 0.717) is 13.0 Å². The first kappa shape index (κ1) is 12.0. The first-order valence-electron chi connectivity index (χ1n) is 4.66. The second kappa shape index (κ2) is 6.44. The fourth-order valence-corrected chi connectivity index (χ4v) is 1.32. The van der Waals surface area contributed by atoms with Gasteiger partial charge in [-0.3, -0.25) is 0 Å². The number of rotatable bonds is 5. The summed E-state index contributed by atoms with van der Waals surface area (Å²) in [4.78, 5) is 0. The zero-order valence-corrected chi connectivity index (χ0v) is 9.77. The third-order valence-corrected chi connectivity index (χ3v) is 2.39. The fraction of sp³-hybridized carbons (Fsp3) is 0.364. The molecule has 4 heteroatoms. The smallest absolute Gasteiger partial charge is 0.119 e. The summed E-state index contributed by atoms with van der Waals surface area (Å²) in [6, 6.07) is 9.39. The number of aliphatic hydroxyl groups is 1. The highest BCUT2D eigenvalue weighted by Crippen LogP contribution is 2.16. The number of benzene rings is 1. The maximum atomic E-state index is 9.26. The van der Waals surface area contributed by atoms with Crippen LogP contribution >= 0.6 is 15.9 Å². The van der Waals surface area contributed by atoms with Gasteiger partial charge in [0.2, 0.25) is 0 Å². The minimum Gasteiger partial charge on any atom is -0.493 e. The van der Waals surface area contributed by atoms with Crippen LogP contribution in [0.3, 0.4) is 0 Å². The van der Waals surface area contributed by atoms with Crippen LogP contribution in [-0.4, -0.2) is 17.8 Å². The van der Waals surface area contributed by atoms with E-state index < -0.39 is 6.10 Å². The van der Waals surface area contributed by atoms with Gasteiger partial charge in [0.25, 0.3) is 0 Å². The average Bonchev–Trinajstić information content (AvgIpc) is 2.21. The average molecular weight is 270 g/mol. The summed E-state index contributed by atoms with van der Waals surface area (Å²) in [6.07, 6.45) is 0.0401. The summed E-state index contributed by atoms with van der Waals surface area (Å²) in [5, 5.41) is 17.6. The molecule has 0 aliphatic heterocycles. The highest BCUT2D eigenvalue weighted by Gasteiger charge is 2.03. The van der Waals surface area contributed by atoms with E-state index in [-0.39, 0.29) is 6.42 Å². The van der Waals surface area contributed by atoms with Crippen molar-refractivity contribution >= 4 is 15.9 Å². The molecule has 0 bridgehead atoms. The molecule has 1 rings (SSSR count). The molecule has 1 unspecified atom stereocenters. The lowest BCUT2D eigenvalue weighted by Crippen LogP contribution is -2.10. The van der Waals surface area contributed by atoms with E-state index in [1.54, 1.807) is 0 Å². The molecule has 1 atom stereocenters. The van der Waals surface area contributed by atoms with Crippen molar-refractivity contribution in [3.8, 4) is 11.8 Å². The van der Waals surface area contributed by atoms with Crippen molar-refractivity contribution in [1.29, 1.82) is 5.26 Å². The number of nitriles is 1. The van der Waals surface area contributed by atoms with Gasteiger partial charge in [0, 0.05) is 10.9 Å². The lowest BCUT2D eigenvalue weighted by Gasteiger charge is -2.08. The quantitative estimate of drug-likeness (QED) is 0.894. The summed E-state index contributed by atoms with van der Waals surface area (Å²) < 4.78 is 6.39. The molecule has 0 aromatic heterocycles. The highest BCUT2D eigenvalue weighted by molar-refractivity contribution is 9.10. The largest absolute Gasteiger partial charge is 0.493 e. The van der Waals surface area contributed by atoms with Crippen molar-refractivity contribution in [3.05, 3.63) is 28.7 Å². The van der Waals surface area contributed by atoms with Gasteiger partial charge in [-0.15, -0.1) is 0 Å². The Morgan fingerprint density at radius 2 is 2.07 bits per heavy atom. The molecule has 0 radical (unpaired) electrons. The zero-order chi connectivity index (χ0) is 11.1. The van der Waals surface area contributed by atoms with Crippen LogP contribution in [0, 0.1) is 11.3 Å². The lowest BCUT2D eigenvalue weighted by atomic mass is 10.2. The third kappa shape index (κ3) is 4.82. The number of hydrogen-bond acceptors (Lipinski definition) is 3. The second-order valence-electron chi connectivity index (χ2n) is 3.11. The van der Waals surface area contributed by atoms with Gasteiger partial charge >= 0.3 is 0 Å². The van der Waals surface area contributed by atoms with E-state index >= 15 is 0 Å². The van der Waals surface area contributed by atoms with Crippen LogP contribution in [0.2, 0.25) is 0 Å². The van der Waals surface area contributed by atoms with Gasteiger partial charge in [0.1, 0.15) is 5.75 Å². The molecule has 0 amide bonds. The molecule has 1 N–H and O–H groups in total. The van der Waals surface area contributed by atoms with Crippen LogP contribution in [0.5, 0.6) is 5.75 Å². The van der Waals surface area contributed by atoms with E-state index in [9.17, 15) is 5.11 Å². The van der Waals surface area contributed by atoms with Crippen LogP contribution in [0.1, 0.15) is 12.8 Å². The van der Waals surface area contributed by atoms with E-state index in [1.807, 2.05) is 30.3 Å². The Morgan fingerprint density at radius 1 is 1.40 bits per heavy atom. The standard InChI is InChI=1S/C11H12BrNO2/c12-9-1-3-11(4-2-9)15-8-6-10(14)5-7-13/h1-4,10,14H,5-6,8H2. The van der Waals surface area contributed by atoms with Crippen molar-refractivity contribution < 1.29 is 9.84 Å². The summed E-state index contributed by atoms with van der Waals surface area (Å²) >= 11 is 3.33. The number of nitrogens with zero attached hydrogens (tertiary/aromatic N) is 1. The van der Waals surface area contributed by atoms with Gasteiger partial charge in [-0.05, 0) is 24.3 Å². The number of aliphatic hydroxyl groups excluding tert-OH is 1. The molecule has 0 aliphatic carbocycles. The van der Waals surface area contributed by atoms with Crippen molar-refractivity contribution in [1.82, 2.24) is 0 Å². The number of ether oxygens (including phenoxy) is 1. The zero-order valence-electron chi connectivity index (χ0n) is 8.19. The highest BCUT2D eigenvalue weighted by atomic mass is 79.9. The third-order valence-electron chi connectivity index (χ3n) is 1.86. The van der Waals surface area contributed by atoms with Gasteiger partial charge in [0.15, 0.2) is 0 Å². The van der Waals surface area contributed by atoms with Crippen LogP contribution in [-0.2, 0) is 0 Å². The SMILES string of the molecule is N#CCC(O)CCOc1ccc(Br)cc1.